The van der Waals surface area contributed by atoms with Gasteiger partial charge in [-0.25, -0.2) is 0 Å². The van der Waals surface area contributed by atoms with Crippen LogP contribution < -0.4 is 5.73 Å². The third-order valence-electron chi connectivity index (χ3n) is 4.71. The summed E-state index contributed by atoms with van der Waals surface area (Å²) in [5.74, 6) is 0.0597. The van der Waals surface area contributed by atoms with E-state index in [1.807, 2.05) is 24.3 Å². The summed E-state index contributed by atoms with van der Waals surface area (Å²) in [6, 6.07) is 13.7. The van der Waals surface area contributed by atoms with Gasteiger partial charge in [-0.3, -0.25) is 0 Å². The smallest absolute Gasteiger partial charge is 0.161 e. The van der Waals surface area contributed by atoms with Gasteiger partial charge in [-0.05, 0) is 35.6 Å². The molecule has 0 spiro atoms. The normalized spacial score (nSPS) is 17.6. The molecule has 0 aliphatic heterocycles. The van der Waals surface area contributed by atoms with E-state index in [1.165, 1.54) is 11.1 Å². The Morgan fingerprint density at radius 1 is 1.16 bits per heavy atom. The van der Waals surface area contributed by atoms with Crippen LogP contribution in [-0.2, 0) is 6.42 Å². The second-order valence-corrected chi connectivity index (χ2v) is 7.88. The third-order valence-corrected chi connectivity index (χ3v) is 5.03. The molecule has 0 amide bonds. The molecule has 4 N–H and O–H groups in total. The Labute approximate surface area is 167 Å². The number of allylic oxidation sites excluding steroid dienone is 1. The largest absolute Gasteiger partial charge is 0.504 e. The summed E-state index contributed by atoms with van der Waals surface area (Å²) in [4.78, 5) is 0.340. The standard InChI is InChI=1S/C20H22BrNO2.BrH/c1-12(21)9-16-15(13-5-3-2-4-6-13)10-17-14(18(16)11-22)7-8-19(23)20(17)24;/h2-8,12,15,23-24H,9-11,22H2,1H3;1H. The van der Waals surface area contributed by atoms with Gasteiger partial charge in [0.05, 0.1) is 0 Å². The van der Waals surface area contributed by atoms with Gasteiger partial charge < -0.3 is 15.9 Å². The van der Waals surface area contributed by atoms with Crippen molar-refractivity contribution in [2.45, 2.75) is 30.5 Å². The quantitative estimate of drug-likeness (QED) is 0.441. The van der Waals surface area contributed by atoms with Crippen LogP contribution in [0, 0.1) is 0 Å². The van der Waals surface area contributed by atoms with E-state index >= 15 is 0 Å². The van der Waals surface area contributed by atoms with Crippen molar-refractivity contribution in [1.29, 1.82) is 0 Å². The molecule has 2 atom stereocenters. The number of fused-ring (bicyclic) bond motifs is 1. The number of aromatic hydroxyl groups is 2. The Kier molecular flexibility index (Phi) is 6.72. The number of phenols is 2. The van der Waals surface area contributed by atoms with Gasteiger partial charge in [0.25, 0.3) is 0 Å². The summed E-state index contributed by atoms with van der Waals surface area (Å²) in [6.45, 7) is 2.54. The lowest BCUT2D eigenvalue weighted by molar-refractivity contribution is 0.398. The predicted molar refractivity (Wildman–Crippen MR) is 112 cm³/mol. The molecule has 0 saturated heterocycles. The summed E-state index contributed by atoms with van der Waals surface area (Å²) in [5.41, 5.74) is 11.4. The van der Waals surface area contributed by atoms with Crippen LogP contribution in [0.3, 0.4) is 0 Å². The highest BCUT2D eigenvalue weighted by Gasteiger charge is 2.30. The first-order valence-electron chi connectivity index (χ1n) is 8.18. The molecule has 5 heteroatoms. The average molecular weight is 469 g/mol. The lowest BCUT2D eigenvalue weighted by Crippen LogP contribution is -2.20. The van der Waals surface area contributed by atoms with E-state index in [9.17, 15) is 10.2 Å². The molecule has 25 heavy (non-hydrogen) atoms. The highest BCUT2D eigenvalue weighted by Crippen LogP contribution is 2.47. The van der Waals surface area contributed by atoms with Crippen LogP contribution in [-0.4, -0.2) is 21.6 Å². The molecule has 0 bridgehead atoms. The Bertz CT molecular complexity index is 773. The first kappa shape index (κ1) is 20.0. The maximum atomic E-state index is 10.4. The predicted octanol–water partition coefficient (Wildman–Crippen LogP) is 4.90. The van der Waals surface area contributed by atoms with Crippen molar-refractivity contribution in [2.24, 2.45) is 5.73 Å². The number of phenolic OH excluding ortho intramolecular Hbond substituents is 2. The topological polar surface area (TPSA) is 66.5 Å². The monoisotopic (exact) mass is 467 g/mol. The van der Waals surface area contributed by atoms with E-state index in [0.29, 0.717) is 17.8 Å². The van der Waals surface area contributed by atoms with Gasteiger partial charge in [0.2, 0.25) is 0 Å². The highest BCUT2D eigenvalue weighted by molar-refractivity contribution is 9.09. The maximum Gasteiger partial charge on any atom is 0.161 e. The van der Waals surface area contributed by atoms with Crippen LogP contribution in [0.2, 0.25) is 0 Å². The first-order chi connectivity index (χ1) is 11.5. The fourth-order valence-corrected chi connectivity index (χ4v) is 3.99. The molecule has 2 aromatic rings. The van der Waals surface area contributed by atoms with Crippen molar-refractivity contribution in [2.75, 3.05) is 6.54 Å². The van der Waals surface area contributed by atoms with Crippen molar-refractivity contribution in [1.82, 2.24) is 0 Å². The molecule has 134 valence electrons. The number of nitrogens with two attached hydrogens (primary N) is 1. The zero-order chi connectivity index (χ0) is 17.3. The second-order valence-electron chi connectivity index (χ2n) is 6.32. The molecule has 0 aromatic heterocycles. The van der Waals surface area contributed by atoms with Gasteiger partial charge >= 0.3 is 0 Å². The van der Waals surface area contributed by atoms with Crippen LogP contribution in [0.1, 0.15) is 36.0 Å². The Hall–Kier alpha value is -1.30. The number of benzene rings is 2. The second kappa shape index (κ2) is 8.39. The molecule has 0 heterocycles. The number of rotatable bonds is 4. The fourth-order valence-electron chi connectivity index (χ4n) is 3.64. The minimum atomic E-state index is -0.0748. The van der Waals surface area contributed by atoms with Gasteiger partial charge in [0, 0.05) is 22.9 Å². The Morgan fingerprint density at radius 3 is 2.44 bits per heavy atom. The van der Waals surface area contributed by atoms with Gasteiger partial charge in [0.1, 0.15) is 0 Å². The van der Waals surface area contributed by atoms with Crippen LogP contribution in [0.25, 0.3) is 5.57 Å². The Morgan fingerprint density at radius 2 is 1.84 bits per heavy atom. The molecule has 2 unspecified atom stereocenters. The van der Waals surface area contributed by atoms with Gasteiger partial charge in [-0.1, -0.05) is 64.8 Å². The van der Waals surface area contributed by atoms with Crippen molar-refractivity contribution in [3.63, 3.8) is 0 Å². The maximum absolute atomic E-state index is 10.4. The van der Waals surface area contributed by atoms with Gasteiger partial charge in [0.15, 0.2) is 11.5 Å². The van der Waals surface area contributed by atoms with Crippen molar-refractivity contribution in [3.05, 3.63) is 64.7 Å². The molecule has 0 radical (unpaired) electrons. The van der Waals surface area contributed by atoms with Crippen LogP contribution >= 0.6 is 32.9 Å². The first-order valence-corrected chi connectivity index (χ1v) is 9.09. The molecule has 3 nitrogen and oxygen atoms in total. The summed E-state index contributed by atoms with van der Waals surface area (Å²) in [5, 5.41) is 20.3. The van der Waals surface area contributed by atoms with Crippen LogP contribution in [0.15, 0.2) is 48.0 Å². The van der Waals surface area contributed by atoms with E-state index in [-0.39, 0.29) is 34.4 Å². The van der Waals surface area contributed by atoms with Gasteiger partial charge in [-0.2, -0.15) is 0 Å². The van der Waals surface area contributed by atoms with Crippen molar-refractivity contribution < 1.29 is 10.2 Å². The van der Waals surface area contributed by atoms with E-state index in [4.69, 9.17) is 5.73 Å². The minimum Gasteiger partial charge on any atom is -0.504 e. The number of alkyl halides is 1. The van der Waals surface area contributed by atoms with Crippen LogP contribution in [0.4, 0.5) is 0 Å². The molecule has 2 aromatic carbocycles. The van der Waals surface area contributed by atoms with E-state index in [2.05, 4.69) is 35.0 Å². The lowest BCUT2D eigenvalue weighted by Gasteiger charge is -2.32. The molecule has 0 fully saturated rings. The molecule has 1 aliphatic carbocycles. The zero-order valence-corrected chi connectivity index (χ0v) is 17.4. The Balaban J connectivity index is 0.00000225. The van der Waals surface area contributed by atoms with Crippen molar-refractivity contribution >= 4 is 38.5 Å². The SMILES string of the molecule is Br.CC(Br)CC1=C(CN)c2ccc(O)c(O)c2CC1c1ccccc1. The van der Waals surface area contributed by atoms with Crippen molar-refractivity contribution in [3.8, 4) is 11.5 Å². The van der Waals surface area contributed by atoms with E-state index in [1.54, 1.807) is 6.07 Å². The minimum absolute atomic E-state index is 0. The summed E-state index contributed by atoms with van der Waals surface area (Å²) in [6.07, 6.45) is 1.56. The van der Waals surface area contributed by atoms with Crippen LogP contribution in [0.5, 0.6) is 11.5 Å². The lowest BCUT2D eigenvalue weighted by atomic mass is 9.73. The fraction of sp³-hybridized carbons (Fsp3) is 0.300. The molecule has 0 saturated carbocycles. The number of halogens is 2. The summed E-state index contributed by atoms with van der Waals surface area (Å²) >= 11 is 3.67. The average Bonchev–Trinajstić information content (AvgIpc) is 2.58. The number of hydrogen-bond donors (Lipinski definition) is 3. The van der Waals surface area contributed by atoms with Gasteiger partial charge in [-0.15, -0.1) is 17.0 Å². The molecule has 1 aliphatic rings. The zero-order valence-electron chi connectivity index (χ0n) is 14.1. The highest BCUT2D eigenvalue weighted by atomic mass is 79.9. The molecule has 3 rings (SSSR count). The van der Waals surface area contributed by atoms with E-state index < -0.39 is 0 Å². The molecular weight excluding hydrogens is 446 g/mol. The molecular formula is C20H23Br2NO2. The summed E-state index contributed by atoms with van der Waals surface area (Å²) < 4.78 is 0. The summed E-state index contributed by atoms with van der Waals surface area (Å²) in [7, 11) is 0. The van der Waals surface area contributed by atoms with E-state index in [0.717, 1.165) is 23.1 Å². The third kappa shape index (κ3) is 3.94. The number of hydrogen-bond acceptors (Lipinski definition) is 3.